The van der Waals surface area contributed by atoms with Crippen molar-refractivity contribution in [1.29, 1.82) is 5.26 Å². The van der Waals surface area contributed by atoms with E-state index in [4.69, 9.17) is 31.4 Å². The molecule has 4 heterocycles. The summed E-state index contributed by atoms with van der Waals surface area (Å²) >= 11 is 6.80. The van der Waals surface area contributed by atoms with Gasteiger partial charge in [-0.05, 0) is 75.4 Å². The Kier molecular flexibility index (Phi) is 6.05. The maximum absolute atomic E-state index is 9.61. The first-order valence-electron chi connectivity index (χ1n) is 11.9. The minimum Gasteiger partial charge on any atom is -0.479 e. The van der Waals surface area contributed by atoms with Gasteiger partial charge >= 0.3 is 0 Å². The molecule has 1 atom stereocenters. The predicted molar refractivity (Wildman–Crippen MR) is 138 cm³/mol. The molecule has 3 aromatic heterocycles. The predicted octanol–water partition coefficient (Wildman–Crippen LogP) is 5.53. The fourth-order valence-electron chi connectivity index (χ4n) is 4.92. The number of benzene rings is 1. The van der Waals surface area contributed by atoms with Gasteiger partial charge in [0.15, 0.2) is 5.82 Å². The molecular weight excluding hydrogens is 474 g/mol. The van der Waals surface area contributed by atoms with E-state index in [1.165, 1.54) is 0 Å². The second-order valence-corrected chi connectivity index (χ2v) is 10.2. The summed E-state index contributed by atoms with van der Waals surface area (Å²) in [5.74, 6) is 1.92. The second kappa shape index (κ2) is 9.07. The highest BCUT2D eigenvalue weighted by molar-refractivity contribution is 6.31. The van der Waals surface area contributed by atoms with Gasteiger partial charge in [0, 0.05) is 23.7 Å². The lowest BCUT2D eigenvalue weighted by Gasteiger charge is -2.26. The van der Waals surface area contributed by atoms with Gasteiger partial charge in [-0.15, -0.1) is 5.10 Å². The summed E-state index contributed by atoms with van der Waals surface area (Å²) in [6, 6.07) is 10.3. The first-order valence-corrected chi connectivity index (χ1v) is 12.3. The lowest BCUT2D eigenvalue weighted by Crippen LogP contribution is -2.20. The van der Waals surface area contributed by atoms with Crippen LogP contribution in [0.4, 0.5) is 0 Å². The van der Waals surface area contributed by atoms with Gasteiger partial charge in [0.05, 0.1) is 30.6 Å². The number of hydrogen-bond acceptors (Lipinski definition) is 6. The third-order valence-corrected chi connectivity index (χ3v) is 7.13. The van der Waals surface area contributed by atoms with Crippen LogP contribution in [-0.4, -0.2) is 36.4 Å². The van der Waals surface area contributed by atoms with Crippen LogP contribution < -0.4 is 4.74 Å². The van der Waals surface area contributed by atoms with Crippen molar-refractivity contribution in [3.05, 3.63) is 70.0 Å². The van der Waals surface area contributed by atoms with Crippen LogP contribution in [-0.2, 0) is 12.0 Å². The lowest BCUT2D eigenvalue weighted by atomic mass is 9.81. The highest BCUT2D eigenvalue weighted by Crippen LogP contribution is 2.40. The molecule has 0 saturated carbocycles. The number of hydrogen-bond donors (Lipinski definition) is 0. The molecule has 184 valence electrons. The van der Waals surface area contributed by atoms with E-state index in [9.17, 15) is 5.26 Å². The number of aryl methyl sites for hydroxylation is 3. The summed E-state index contributed by atoms with van der Waals surface area (Å²) in [5.41, 5.74) is 4.75. The number of methoxy groups -OCH3 is 1. The van der Waals surface area contributed by atoms with Crippen LogP contribution >= 0.6 is 11.6 Å². The van der Waals surface area contributed by atoms with E-state index in [1.807, 2.05) is 61.3 Å². The van der Waals surface area contributed by atoms with Crippen LogP contribution in [0.1, 0.15) is 60.8 Å². The van der Waals surface area contributed by atoms with Gasteiger partial charge in [-0.25, -0.2) is 19.6 Å². The molecule has 9 heteroatoms. The van der Waals surface area contributed by atoms with Gasteiger partial charge in [-0.2, -0.15) is 5.26 Å². The fraction of sp³-hybridized carbons (Fsp3) is 0.370. The molecule has 0 bridgehead atoms. The number of fused-ring (bicyclic) bond motifs is 1. The van der Waals surface area contributed by atoms with Crippen LogP contribution in [0, 0.1) is 25.2 Å². The largest absolute Gasteiger partial charge is 0.479 e. The Bertz CT molecular complexity index is 1490. The summed E-state index contributed by atoms with van der Waals surface area (Å²) in [6.45, 7) is 8.59. The molecule has 0 aliphatic carbocycles. The average molecular weight is 502 g/mol. The first kappa shape index (κ1) is 24.0. The minimum atomic E-state index is -0.613. The van der Waals surface area contributed by atoms with Crippen molar-refractivity contribution in [1.82, 2.24) is 29.3 Å². The molecule has 1 aromatic carbocycles. The molecular formula is C27H28ClN7O. The Hall–Kier alpha value is -3.70. The SMILES string of the molecule is COc1nc(-c2nc3n(n2)CCC[C@@H]3c2cc(C)c(C(C)(C)C#N)cc2Cl)ccc1-n1cnc(C)c1. The van der Waals surface area contributed by atoms with E-state index < -0.39 is 5.41 Å². The van der Waals surface area contributed by atoms with E-state index in [0.717, 1.165) is 53.3 Å². The average Bonchev–Trinajstić information content (AvgIpc) is 3.51. The zero-order valence-electron chi connectivity index (χ0n) is 21.1. The van der Waals surface area contributed by atoms with Crippen LogP contribution in [0.2, 0.25) is 5.02 Å². The minimum absolute atomic E-state index is 0.0144. The van der Waals surface area contributed by atoms with E-state index in [2.05, 4.69) is 17.1 Å². The fourth-order valence-corrected chi connectivity index (χ4v) is 5.21. The summed E-state index contributed by atoms with van der Waals surface area (Å²) < 4.78 is 9.42. The number of aromatic nitrogens is 6. The molecule has 4 aromatic rings. The summed E-state index contributed by atoms with van der Waals surface area (Å²) in [7, 11) is 1.60. The monoisotopic (exact) mass is 501 g/mol. The molecule has 0 unspecified atom stereocenters. The zero-order valence-corrected chi connectivity index (χ0v) is 21.8. The smallest absolute Gasteiger partial charge is 0.238 e. The molecule has 0 fully saturated rings. The van der Waals surface area contributed by atoms with E-state index in [-0.39, 0.29) is 5.92 Å². The highest BCUT2D eigenvalue weighted by atomic mass is 35.5. The van der Waals surface area contributed by atoms with Gasteiger partial charge in [0.25, 0.3) is 0 Å². The normalized spacial score (nSPS) is 15.4. The number of nitriles is 1. The van der Waals surface area contributed by atoms with Crippen molar-refractivity contribution in [3.8, 4) is 29.2 Å². The zero-order chi connectivity index (χ0) is 25.6. The molecule has 0 N–H and O–H groups in total. The number of halogens is 1. The number of nitrogens with zero attached hydrogens (tertiary/aromatic N) is 7. The standard InChI is InChI=1S/C27H28ClN7O/c1-16-11-19(21(28)12-20(16)27(3,4)14-29)18-7-6-10-35-25(18)32-24(33-35)22-8-9-23(26(31-22)36-5)34-13-17(2)30-15-34/h8-9,11-13,15,18H,6-7,10H2,1-5H3/t18-/m1/s1. The maximum atomic E-state index is 9.61. The van der Waals surface area contributed by atoms with Crippen molar-refractivity contribution >= 4 is 11.6 Å². The van der Waals surface area contributed by atoms with Crippen LogP contribution in [0.5, 0.6) is 5.88 Å². The van der Waals surface area contributed by atoms with E-state index in [0.29, 0.717) is 22.4 Å². The van der Waals surface area contributed by atoms with Crippen LogP contribution in [0.3, 0.4) is 0 Å². The molecule has 8 nitrogen and oxygen atoms in total. The Morgan fingerprint density at radius 2 is 2.00 bits per heavy atom. The van der Waals surface area contributed by atoms with Crippen molar-refractivity contribution in [3.63, 3.8) is 0 Å². The highest BCUT2D eigenvalue weighted by Gasteiger charge is 2.30. The van der Waals surface area contributed by atoms with Gasteiger partial charge in [0.2, 0.25) is 5.88 Å². The molecule has 1 aliphatic rings. The second-order valence-electron chi connectivity index (χ2n) is 9.78. The Labute approximate surface area is 215 Å². The lowest BCUT2D eigenvalue weighted by molar-refractivity contribution is 0.396. The van der Waals surface area contributed by atoms with Crippen molar-refractivity contribution in [2.45, 2.75) is 58.4 Å². The molecule has 36 heavy (non-hydrogen) atoms. The van der Waals surface area contributed by atoms with E-state index >= 15 is 0 Å². The number of rotatable bonds is 5. The van der Waals surface area contributed by atoms with Crippen LogP contribution in [0.25, 0.3) is 17.2 Å². The van der Waals surface area contributed by atoms with Crippen molar-refractivity contribution in [2.24, 2.45) is 0 Å². The summed E-state index contributed by atoms with van der Waals surface area (Å²) in [6.07, 6.45) is 5.55. The molecule has 1 aliphatic heterocycles. The molecule has 0 radical (unpaired) electrons. The summed E-state index contributed by atoms with van der Waals surface area (Å²) in [5, 5.41) is 15.0. The van der Waals surface area contributed by atoms with Gasteiger partial charge in [-0.1, -0.05) is 17.7 Å². The molecule has 0 spiro atoms. The molecule has 5 rings (SSSR count). The first-order chi connectivity index (χ1) is 17.2. The van der Waals surface area contributed by atoms with Crippen molar-refractivity contribution in [2.75, 3.05) is 7.11 Å². The van der Waals surface area contributed by atoms with Crippen LogP contribution in [0.15, 0.2) is 36.8 Å². The topological polar surface area (TPSA) is 94.4 Å². The van der Waals surface area contributed by atoms with E-state index in [1.54, 1.807) is 13.4 Å². The Morgan fingerprint density at radius 1 is 1.19 bits per heavy atom. The molecule has 0 saturated heterocycles. The third-order valence-electron chi connectivity index (χ3n) is 6.80. The van der Waals surface area contributed by atoms with Gasteiger partial charge in [0.1, 0.15) is 17.2 Å². The molecule has 0 amide bonds. The Morgan fingerprint density at radius 3 is 2.69 bits per heavy atom. The summed E-state index contributed by atoms with van der Waals surface area (Å²) in [4.78, 5) is 13.9. The number of ether oxygens (including phenoxy) is 1. The Balaban J connectivity index is 1.53. The quantitative estimate of drug-likeness (QED) is 0.356. The maximum Gasteiger partial charge on any atom is 0.238 e. The number of imidazole rings is 1. The number of pyridine rings is 1. The third kappa shape index (κ3) is 4.14. The van der Waals surface area contributed by atoms with Crippen molar-refractivity contribution < 1.29 is 4.74 Å². The van der Waals surface area contributed by atoms with Gasteiger partial charge in [-0.3, -0.25) is 0 Å². The van der Waals surface area contributed by atoms with Gasteiger partial charge < -0.3 is 9.30 Å².